The van der Waals surface area contributed by atoms with Crippen molar-refractivity contribution in [2.24, 2.45) is 11.7 Å². The maximum Gasteiger partial charge on any atom is 0.142 e. The second kappa shape index (κ2) is 6.64. The first-order chi connectivity index (χ1) is 8.49. The van der Waals surface area contributed by atoms with Crippen LogP contribution in [-0.2, 0) is 0 Å². The lowest BCUT2D eigenvalue weighted by molar-refractivity contribution is 0.413. The highest BCUT2D eigenvalue weighted by Gasteiger charge is 2.12. The number of hydrogen-bond acceptors (Lipinski definition) is 3. The van der Waals surface area contributed by atoms with Crippen molar-refractivity contribution in [2.45, 2.75) is 26.7 Å². The summed E-state index contributed by atoms with van der Waals surface area (Å²) < 4.78 is 5.44. The Bertz CT molecular complexity index is 377. The zero-order valence-electron chi connectivity index (χ0n) is 12.2. The summed E-state index contributed by atoms with van der Waals surface area (Å²) in [5.41, 5.74) is 8.16. The van der Waals surface area contributed by atoms with Crippen molar-refractivity contribution in [1.29, 1.82) is 0 Å². The van der Waals surface area contributed by atoms with E-state index >= 15 is 0 Å². The molecule has 0 aliphatic carbocycles. The molecule has 1 unspecified atom stereocenters. The second-order valence-electron chi connectivity index (χ2n) is 5.31. The third kappa shape index (κ3) is 3.64. The van der Waals surface area contributed by atoms with Crippen LogP contribution in [0, 0.1) is 5.92 Å². The first kappa shape index (κ1) is 14.8. The van der Waals surface area contributed by atoms with Crippen molar-refractivity contribution in [3.05, 3.63) is 23.8 Å². The average Bonchev–Trinajstić information content (AvgIpc) is 2.37. The molecule has 0 aliphatic heterocycles. The van der Waals surface area contributed by atoms with Gasteiger partial charge in [0.2, 0.25) is 0 Å². The summed E-state index contributed by atoms with van der Waals surface area (Å²) in [5.74, 6) is 1.92. The molecular weight excluding hydrogens is 224 g/mol. The molecule has 3 heteroatoms. The van der Waals surface area contributed by atoms with Crippen LogP contribution >= 0.6 is 0 Å². The number of nitrogens with two attached hydrogens (primary N) is 1. The lowest BCUT2D eigenvalue weighted by atomic mass is 10.0. The van der Waals surface area contributed by atoms with Gasteiger partial charge in [0, 0.05) is 13.6 Å². The summed E-state index contributed by atoms with van der Waals surface area (Å²) in [6, 6.07) is 6.40. The molecule has 0 radical (unpaired) electrons. The van der Waals surface area contributed by atoms with E-state index in [2.05, 4.69) is 44.9 Å². The fourth-order valence-electron chi connectivity index (χ4n) is 2.00. The Morgan fingerprint density at radius 1 is 1.28 bits per heavy atom. The highest BCUT2D eigenvalue weighted by Crippen LogP contribution is 2.31. The van der Waals surface area contributed by atoms with Gasteiger partial charge in [-0.15, -0.1) is 0 Å². The Morgan fingerprint density at radius 3 is 2.44 bits per heavy atom. The lowest BCUT2D eigenvalue weighted by Crippen LogP contribution is -2.28. The minimum absolute atomic E-state index is 0.474. The summed E-state index contributed by atoms with van der Waals surface area (Å²) in [4.78, 5) is 2.22. The Labute approximate surface area is 111 Å². The molecule has 0 aliphatic rings. The van der Waals surface area contributed by atoms with Crippen LogP contribution in [0.2, 0.25) is 0 Å². The van der Waals surface area contributed by atoms with Gasteiger partial charge in [0.25, 0.3) is 0 Å². The third-order valence-electron chi connectivity index (χ3n) is 3.27. The molecule has 2 N–H and O–H groups in total. The van der Waals surface area contributed by atoms with E-state index in [1.54, 1.807) is 7.11 Å². The zero-order valence-corrected chi connectivity index (χ0v) is 12.2. The molecule has 0 bridgehead atoms. The van der Waals surface area contributed by atoms with E-state index in [1.165, 1.54) is 5.56 Å². The van der Waals surface area contributed by atoms with Crippen LogP contribution < -0.4 is 15.4 Å². The number of benzene rings is 1. The minimum Gasteiger partial charge on any atom is -0.495 e. The molecule has 0 aromatic heterocycles. The van der Waals surface area contributed by atoms with Gasteiger partial charge in [-0.1, -0.05) is 26.8 Å². The van der Waals surface area contributed by atoms with Gasteiger partial charge in [0.1, 0.15) is 5.75 Å². The maximum absolute atomic E-state index is 5.69. The van der Waals surface area contributed by atoms with Crippen LogP contribution in [0.4, 0.5) is 5.69 Å². The zero-order chi connectivity index (χ0) is 13.7. The van der Waals surface area contributed by atoms with Crippen LogP contribution in [0.1, 0.15) is 32.3 Å². The van der Waals surface area contributed by atoms with E-state index in [0.717, 1.165) is 18.0 Å². The Balaban J connectivity index is 2.99. The fraction of sp³-hybridized carbons (Fsp3) is 0.600. The van der Waals surface area contributed by atoms with Gasteiger partial charge in [-0.05, 0) is 36.1 Å². The first-order valence-electron chi connectivity index (χ1n) is 6.58. The van der Waals surface area contributed by atoms with Crippen molar-refractivity contribution >= 4 is 5.69 Å². The van der Waals surface area contributed by atoms with Crippen molar-refractivity contribution in [1.82, 2.24) is 0 Å². The van der Waals surface area contributed by atoms with Crippen molar-refractivity contribution in [2.75, 3.05) is 32.1 Å². The fourth-order valence-corrected chi connectivity index (χ4v) is 2.00. The van der Waals surface area contributed by atoms with E-state index in [4.69, 9.17) is 10.5 Å². The molecule has 1 rings (SSSR count). The first-order valence-corrected chi connectivity index (χ1v) is 6.58. The predicted octanol–water partition coefficient (Wildman–Crippen LogP) is 2.85. The minimum atomic E-state index is 0.474. The normalized spacial score (nSPS) is 12.6. The summed E-state index contributed by atoms with van der Waals surface area (Å²) in [5, 5.41) is 0. The summed E-state index contributed by atoms with van der Waals surface area (Å²) in [6.07, 6.45) is 0. The molecule has 1 atom stereocenters. The molecule has 0 heterocycles. The van der Waals surface area contributed by atoms with Gasteiger partial charge < -0.3 is 15.4 Å². The van der Waals surface area contributed by atoms with Gasteiger partial charge in [0.15, 0.2) is 0 Å². The van der Waals surface area contributed by atoms with E-state index in [9.17, 15) is 0 Å². The standard InChI is InChI=1S/C15H26N2O/c1-11(2)13-6-7-15(18-5)14(8-13)17(4)10-12(3)9-16/h6-8,11-12H,9-10,16H2,1-5H3. The Morgan fingerprint density at radius 2 is 1.94 bits per heavy atom. The Hall–Kier alpha value is -1.22. The number of ether oxygens (including phenoxy) is 1. The molecular formula is C15H26N2O. The molecule has 0 saturated carbocycles. The van der Waals surface area contributed by atoms with Crippen molar-refractivity contribution < 1.29 is 4.74 Å². The van der Waals surface area contributed by atoms with Crippen LogP contribution in [0.3, 0.4) is 0 Å². The predicted molar refractivity (Wildman–Crippen MR) is 78.6 cm³/mol. The number of hydrogen-bond donors (Lipinski definition) is 1. The van der Waals surface area contributed by atoms with Crippen LogP contribution in [0.15, 0.2) is 18.2 Å². The highest BCUT2D eigenvalue weighted by atomic mass is 16.5. The molecule has 0 fully saturated rings. The van der Waals surface area contributed by atoms with Crippen LogP contribution in [0.25, 0.3) is 0 Å². The summed E-state index contributed by atoms with van der Waals surface area (Å²) >= 11 is 0. The van der Waals surface area contributed by atoms with E-state index < -0.39 is 0 Å². The van der Waals surface area contributed by atoms with Crippen molar-refractivity contribution in [3.8, 4) is 5.75 Å². The van der Waals surface area contributed by atoms with Crippen molar-refractivity contribution in [3.63, 3.8) is 0 Å². The molecule has 0 amide bonds. The number of methoxy groups -OCH3 is 1. The molecule has 18 heavy (non-hydrogen) atoms. The summed E-state index contributed by atoms with van der Waals surface area (Å²) in [6.45, 7) is 8.21. The molecule has 0 saturated heterocycles. The second-order valence-corrected chi connectivity index (χ2v) is 5.31. The third-order valence-corrected chi connectivity index (χ3v) is 3.27. The topological polar surface area (TPSA) is 38.5 Å². The number of rotatable bonds is 6. The Kier molecular flexibility index (Phi) is 5.48. The van der Waals surface area contributed by atoms with Gasteiger partial charge >= 0.3 is 0 Å². The van der Waals surface area contributed by atoms with E-state index in [1.807, 2.05) is 6.07 Å². The molecule has 0 spiro atoms. The molecule has 1 aromatic carbocycles. The van der Waals surface area contributed by atoms with Crippen LogP contribution in [0.5, 0.6) is 5.75 Å². The SMILES string of the molecule is COc1ccc(C(C)C)cc1N(C)CC(C)CN. The maximum atomic E-state index is 5.69. The molecule has 3 nitrogen and oxygen atoms in total. The molecule has 102 valence electrons. The van der Waals surface area contributed by atoms with Gasteiger partial charge in [-0.2, -0.15) is 0 Å². The van der Waals surface area contributed by atoms with Gasteiger partial charge in [0.05, 0.1) is 12.8 Å². The number of nitrogens with zero attached hydrogens (tertiary/aromatic N) is 1. The van der Waals surface area contributed by atoms with E-state index in [0.29, 0.717) is 18.4 Å². The monoisotopic (exact) mass is 250 g/mol. The number of anilines is 1. The largest absolute Gasteiger partial charge is 0.495 e. The quantitative estimate of drug-likeness (QED) is 0.843. The highest BCUT2D eigenvalue weighted by molar-refractivity contribution is 5.60. The average molecular weight is 250 g/mol. The van der Waals surface area contributed by atoms with Crippen LogP contribution in [-0.4, -0.2) is 27.2 Å². The summed E-state index contributed by atoms with van der Waals surface area (Å²) in [7, 11) is 3.81. The van der Waals surface area contributed by atoms with E-state index in [-0.39, 0.29) is 0 Å². The van der Waals surface area contributed by atoms with Gasteiger partial charge in [-0.3, -0.25) is 0 Å². The van der Waals surface area contributed by atoms with Gasteiger partial charge in [-0.25, -0.2) is 0 Å². The molecule has 1 aromatic rings. The smallest absolute Gasteiger partial charge is 0.142 e. The lowest BCUT2D eigenvalue weighted by Gasteiger charge is -2.25.